The number of anilines is 2. The molecule has 2 rings (SSSR count). The Morgan fingerprint density at radius 1 is 1.12 bits per heavy atom. The standard InChI is InChI=1S/C14H11BrN2/c1-10-6-7-13(11(8-10)9-16)17-14-5-3-2-4-12(14)15/h2-8,17H,1H3. The lowest BCUT2D eigenvalue weighted by molar-refractivity contribution is 1.40. The van der Waals surface area contributed by atoms with E-state index < -0.39 is 0 Å². The maximum Gasteiger partial charge on any atom is 0.101 e. The van der Waals surface area contributed by atoms with E-state index in [2.05, 4.69) is 27.3 Å². The number of halogens is 1. The fraction of sp³-hybridized carbons (Fsp3) is 0.0714. The van der Waals surface area contributed by atoms with Gasteiger partial charge in [0.25, 0.3) is 0 Å². The highest BCUT2D eigenvalue weighted by atomic mass is 79.9. The Hall–Kier alpha value is -1.79. The Balaban J connectivity index is 2.37. The number of rotatable bonds is 2. The first kappa shape index (κ1) is 11.7. The number of hydrogen-bond acceptors (Lipinski definition) is 2. The van der Waals surface area contributed by atoms with Crippen LogP contribution in [0, 0.1) is 18.3 Å². The molecular formula is C14H11BrN2. The van der Waals surface area contributed by atoms with Crippen LogP contribution in [0.4, 0.5) is 11.4 Å². The lowest BCUT2D eigenvalue weighted by Crippen LogP contribution is -1.94. The molecule has 2 aromatic rings. The summed E-state index contributed by atoms with van der Waals surface area (Å²) < 4.78 is 0.976. The highest BCUT2D eigenvalue weighted by Crippen LogP contribution is 2.27. The van der Waals surface area contributed by atoms with Crippen molar-refractivity contribution < 1.29 is 0 Å². The first-order valence-corrected chi connectivity index (χ1v) is 6.02. The molecule has 0 saturated carbocycles. The number of nitrogens with zero attached hydrogens (tertiary/aromatic N) is 1. The molecule has 0 heterocycles. The van der Waals surface area contributed by atoms with Crippen molar-refractivity contribution in [3.05, 3.63) is 58.1 Å². The van der Waals surface area contributed by atoms with Crippen molar-refractivity contribution >= 4 is 27.3 Å². The number of nitrogens with one attached hydrogen (secondary N) is 1. The van der Waals surface area contributed by atoms with Crippen LogP contribution in [-0.4, -0.2) is 0 Å². The first-order chi connectivity index (χ1) is 8.20. The van der Waals surface area contributed by atoms with Crippen molar-refractivity contribution in [1.82, 2.24) is 0 Å². The number of para-hydroxylation sites is 1. The Bertz CT molecular complexity index is 585. The quantitative estimate of drug-likeness (QED) is 0.890. The van der Waals surface area contributed by atoms with Crippen molar-refractivity contribution in [3.63, 3.8) is 0 Å². The van der Waals surface area contributed by atoms with Crippen molar-refractivity contribution in [1.29, 1.82) is 5.26 Å². The van der Waals surface area contributed by atoms with Crippen molar-refractivity contribution in [2.45, 2.75) is 6.92 Å². The predicted molar refractivity (Wildman–Crippen MR) is 73.3 cm³/mol. The van der Waals surface area contributed by atoms with E-state index in [0.29, 0.717) is 5.56 Å². The fourth-order valence-electron chi connectivity index (χ4n) is 1.57. The zero-order valence-electron chi connectivity index (χ0n) is 9.37. The molecule has 1 N–H and O–H groups in total. The normalized spacial score (nSPS) is 9.71. The molecule has 17 heavy (non-hydrogen) atoms. The van der Waals surface area contributed by atoms with Gasteiger partial charge in [-0.2, -0.15) is 5.26 Å². The van der Waals surface area contributed by atoms with Gasteiger partial charge in [0.15, 0.2) is 0 Å². The lowest BCUT2D eigenvalue weighted by atomic mass is 10.1. The van der Waals surface area contributed by atoms with Gasteiger partial charge in [0.2, 0.25) is 0 Å². The SMILES string of the molecule is Cc1ccc(Nc2ccccc2Br)c(C#N)c1. The molecule has 0 spiro atoms. The van der Waals surface area contributed by atoms with E-state index in [1.54, 1.807) is 0 Å². The first-order valence-electron chi connectivity index (χ1n) is 5.23. The number of nitriles is 1. The summed E-state index contributed by atoms with van der Waals surface area (Å²) in [4.78, 5) is 0. The van der Waals surface area contributed by atoms with E-state index >= 15 is 0 Å². The minimum atomic E-state index is 0.653. The van der Waals surface area contributed by atoms with Crippen LogP contribution >= 0.6 is 15.9 Å². The van der Waals surface area contributed by atoms with Crippen LogP contribution in [0.1, 0.15) is 11.1 Å². The number of hydrogen-bond donors (Lipinski definition) is 1. The maximum absolute atomic E-state index is 9.09. The van der Waals surface area contributed by atoms with Crippen LogP contribution in [0.25, 0.3) is 0 Å². The molecule has 3 heteroatoms. The summed E-state index contributed by atoms with van der Waals surface area (Å²) >= 11 is 3.47. The molecule has 0 aliphatic rings. The molecule has 0 unspecified atom stereocenters. The average Bonchev–Trinajstić information content (AvgIpc) is 2.34. The molecule has 0 saturated heterocycles. The third kappa shape index (κ3) is 2.66. The topological polar surface area (TPSA) is 35.8 Å². The molecule has 0 aliphatic carbocycles. The summed E-state index contributed by atoms with van der Waals surface area (Å²) in [5.41, 5.74) is 3.51. The minimum Gasteiger partial charge on any atom is -0.354 e. The van der Waals surface area contributed by atoms with Crippen molar-refractivity contribution in [2.24, 2.45) is 0 Å². The number of aryl methyl sites for hydroxylation is 1. The van der Waals surface area contributed by atoms with E-state index in [4.69, 9.17) is 5.26 Å². The minimum absolute atomic E-state index is 0.653. The summed E-state index contributed by atoms with van der Waals surface area (Å²) in [5.74, 6) is 0. The maximum atomic E-state index is 9.09. The Morgan fingerprint density at radius 2 is 1.88 bits per heavy atom. The van der Waals surface area contributed by atoms with Crippen LogP contribution < -0.4 is 5.32 Å². The van der Waals surface area contributed by atoms with Gasteiger partial charge in [-0.05, 0) is 52.7 Å². The molecule has 0 atom stereocenters. The average molecular weight is 287 g/mol. The van der Waals surface area contributed by atoms with Crippen molar-refractivity contribution in [3.8, 4) is 6.07 Å². The van der Waals surface area contributed by atoms with Gasteiger partial charge in [-0.15, -0.1) is 0 Å². The third-order valence-corrected chi connectivity index (χ3v) is 3.13. The number of benzene rings is 2. The molecule has 84 valence electrons. The van der Waals surface area contributed by atoms with Gasteiger partial charge < -0.3 is 5.32 Å². The summed E-state index contributed by atoms with van der Waals surface area (Å²) in [7, 11) is 0. The zero-order chi connectivity index (χ0) is 12.3. The van der Waals surface area contributed by atoms with E-state index in [1.807, 2.05) is 49.4 Å². The van der Waals surface area contributed by atoms with E-state index in [1.165, 1.54) is 0 Å². The van der Waals surface area contributed by atoms with E-state index in [-0.39, 0.29) is 0 Å². The van der Waals surface area contributed by atoms with Crippen LogP contribution in [0.2, 0.25) is 0 Å². The monoisotopic (exact) mass is 286 g/mol. The Kier molecular flexibility index (Phi) is 3.46. The summed E-state index contributed by atoms with van der Waals surface area (Å²) in [6, 6.07) is 15.8. The summed E-state index contributed by atoms with van der Waals surface area (Å²) in [6.45, 7) is 1.98. The predicted octanol–water partition coefficient (Wildman–Crippen LogP) is 4.37. The smallest absolute Gasteiger partial charge is 0.101 e. The summed E-state index contributed by atoms with van der Waals surface area (Å²) in [5, 5.41) is 12.3. The van der Waals surface area contributed by atoms with Gasteiger partial charge in [0.05, 0.1) is 16.9 Å². The van der Waals surface area contributed by atoms with E-state index in [0.717, 1.165) is 21.4 Å². The molecule has 0 aliphatic heterocycles. The van der Waals surface area contributed by atoms with Crippen molar-refractivity contribution in [2.75, 3.05) is 5.32 Å². The second-order valence-electron chi connectivity index (χ2n) is 3.77. The molecule has 0 aromatic heterocycles. The van der Waals surface area contributed by atoms with Gasteiger partial charge in [0, 0.05) is 4.47 Å². The van der Waals surface area contributed by atoms with Crippen LogP contribution in [0.15, 0.2) is 46.9 Å². The molecule has 0 bridgehead atoms. The largest absolute Gasteiger partial charge is 0.354 e. The third-order valence-electron chi connectivity index (χ3n) is 2.44. The second-order valence-corrected chi connectivity index (χ2v) is 4.62. The van der Waals surface area contributed by atoms with Gasteiger partial charge in [-0.25, -0.2) is 0 Å². The fourth-order valence-corrected chi connectivity index (χ4v) is 1.95. The molecular weight excluding hydrogens is 276 g/mol. The summed E-state index contributed by atoms with van der Waals surface area (Å²) in [6.07, 6.45) is 0. The molecule has 0 radical (unpaired) electrons. The van der Waals surface area contributed by atoms with Crippen LogP contribution in [0.5, 0.6) is 0 Å². The van der Waals surface area contributed by atoms with Crippen LogP contribution in [0.3, 0.4) is 0 Å². The highest BCUT2D eigenvalue weighted by Gasteiger charge is 2.04. The van der Waals surface area contributed by atoms with E-state index in [9.17, 15) is 0 Å². The van der Waals surface area contributed by atoms with Gasteiger partial charge in [0.1, 0.15) is 6.07 Å². The Morgan fingerprint density at radius 3 is 2.59 bits per heavy atom. The second kappa shape index (κ2) is 5.03. The lowest BCUT2D eigenvalue weighted by Gasteiger charge is -2.10. The molecule has 0 amide bonds. The highest BCUT2D eigenvalue weighted by molar-refractivity contribution is 9.10. The van der Waals surface area contributed by atoms with Gasteiger partial charge in [-0.3, -0.25) is 0 Å². The molecule has 2 aromatic carbocycles. The van der Waals surface area contributed by atoms with Gasteiger partial charge in [-0.1, -0.05) is 18.2 Å². The zero-order valence-corrected chi connectivity index (χ0v) is 11.0. The molecule has 0 fully saturated rings. The molecule has 2 nitrogen and oxygen atoms in total. The van der Waals surface area contributed by atoms with Crippen LogP contribution in [-0.2, 0) is 0 Å². The Labute approximate surface area is 109 Å². The van der Waals surface area contributed by atoms with Gasteiger partial charge >= 0.3 is 0 Å².